The molecule has 0 radical (unpaired) electrons. The van der Waals surface area contributed by atoms with Crippen molar-refractivity contribution < 1.29 is 32.6 Å². The first-order chi connectivity index (χ1) is 14.8. The summed E-state index contributed by atoms with van der Waals surface area (Å²) in [5.41, 5.74) is 0.684. The summed E-state index contributed by atoms with van der Waals surface area (Å²) in [6, 6.07) is 5.20. The molecule has 1 fully saturated rings. The number of amides is 2. The zero-order valence-corrected chi connectivity index (χ0v) is 16.4. The molecule has 2 aliphatic heterocycles. The van der Waals surface area contributed by atoms with Crippen molar-refractivity contribution in [3.8, 4) is 5.75 Å². The zero-order chi connectivity index (χ0) is 22.3. The van der Waals surface area contributed by atoms with E-state index in [4.69, 9.17) is 9.47 Å². The number of hydrogen-bond donors (Lipinski definition) is 0. The van der Waals surface area contributed by atoms with Gasteiger partial charge < -0.3 is 9.47 Å². The molecular formula is C20H16F2N4O5. The van der Waals surface area contributed by atoms with Crippen molar-refractivity contribution in [3.63, 3.8) is 0 Å². The van der Waals surface area contributed by atoms with Gasteiger partial charge in [0.15, 0.2) is 23.7 Å². The van der Waals surface area contributed by atoms with Crippen molar-refractivity contribution in [2.75, 3.05) is 19.1 Å². The molecular weight excluding hydrogens is 414 g/mol. The van der Waals surface area contributed by atoms with Gasteiger partial charge in [-0.1, -0.05) is 5.22 Å². The molecule has 9 nitrogen and oxygen atoms in total. The summed E-state index contributed by atoms with van der Waals surface area (Å²) in [5.74, 6) is -3.77. The van der Waals surface area contributed by atoms with Crippen LogP contribution in [-0.2, 0) is 20.9 Å². The zero-order valence-electron chi connectivity index (χ0n) is 16.4. The molecule has 0 bridgehead atoms. The Morgan fingerprint density at radius 2 is 1.84 bits per heavy atom. The number of rotatable bonds is 5. The Morgan fingerprint density at radius 3 is 2.52 bits per heavy atom. The topological polar surface area (TPSA) is 101 Å². The fourth-order valence-corrected chi connectivity index (χ4v) is 3.55. The highest BCUT2D eigenvalue weighted by molar-refractivity contribution is 6.25. The molecule has 2 aliphatic rings. The van der Waals surface area contributed by atoms with Crippen LogP contribution in [0.1, 0.15) is 15.9 Å². The van der Waals surface area contributed by atoms with E-state index < -0.39 is 41.5 Å². The molecule has 2 heterocycles. The van der Waals surface area contributed by atoms with Crippen LogP contribution in [0, 0.1) is 11.6 Å². The summed E-state index contributed by atoms with van der Waals surface area (Å²) in [6.45, 7) is 0.00329. The third-order valence-corrected chi connectivity index (χ3v) is 5.05. The Balaban J connectivity index is 1.63. The highest BCUT2D eigenvalue weighted by Crippen LogP contribution is 2.34. The number of carbonyl (C=O) groups is 3. The monoisotopic (exact) mass is 430 g/mol. The van der Waals surface area contributed by atoms with Gasteiger partial charge in [-0.3, -0.25) is 14.6 Å². The summed E-state index contributed by atoms with van der Waals surface area (Å²) < 4.78 is 36.9. The summed E-state index contributed by atoms with van der Waals surface area (Å²) in [5, 5.41) is 9.12. The van der Waals surface area contributed by atoms with Crippen molar-refractivity contribution in [2.45, 2.75) is 18.6 Å². The van der Waals surface area contributed by atoms with Gasteiger partial charge in [-0.05, 0) is 30.3 Å². The highest BCUT2D eigenvalue weighted by Gasteiger charge is 2.54. The van der Waals surface area contributed by atoms with Gasteiger partial charge in [0.1, 0.15) is 5.75 Å². The SMILES string of the molecule is COC(=O)c1ccc(OC)c(CN2N=N[C@H]3C(=O)N(c4ccc(F)c(F)c4)C(=O)[C@H]32)c1. The Bertz CT molecular complexity index is 1120. The third kappa shape index (κ3) is 3.37. The van der Waals surface area contributed by atoms with E-state index in [9.17, 15) is 23.2 Å². The van der Waals surface area contributed by atoms with Crippen LogP contribution in [0.4, 0.5) is 14.5 Å². The number of methoxy groups -OCH3 is 2. The molecule has 2 amide bonds. The number of anilines is 1. The lowest BCUT2D eigenvalue weighted by atomic mass is 10.1. The second-order valence-corrected chi connectivity index (χ2v) is 6.82. The van der Waals surface area contributed by atoms with Gasteiger partial charge in [0.2, 0.25) is 0 Å². The number of fused-ring (bicyclic) bond motifs is 1. The van der Waals surface area contributed by atoms with Crippen molar-refractivity contribution in [3.05, 3.63) is 59.2 Å². The Morgan fingerprint density at radius 1 is 1.06 bits per heavy atom. The Kier molecular flexibility index (Phi) is 5.09. The molecule has 1 saturated heterocycles. The van der Waals surface area contributed by atoms with Crippen LogP contribution in [0.25, 0.3) is 0 Å². The van der Waals surface area contributed by atoms with E-state index in [-0.39, 0.29) is 17.8 Å². The highest BCUT2D eigenvalue weighted by atomic mass is 19.2. The van der Waals surface area contributed by atoms with Crippen LogP contribution >= 0.6 is 0 Å². The fraction of sp³-hybridized carbons (Fsp3) is 0.250. The standard InChI is InChI=1S/C20H16F2N4O5/c1-30-15-6-3-10(20(29)31-2)7-11(15)9-25-17-16(23-24-25)18(27)26(19(17)28)12-4-5-13(21)14(22)8-12/h3-8,16-17H,9H2,1-2H3/t16-,17+/m1/s1. The average Bonchev–Trinajstić information content (AvgIpc) is 3.29. The van der Waals surface area contributed by atoms with Gasteiger partial charge in [0, 0.05) is 11.6 Å². The van der Waals surface area contributed by atoms with Crippen molar-refractivity contribution in [1.82, 2.24) is 5.01 Å². The smallest absolute Gasteiger partial charge is 0.337 e. The minimum Gasteiger partial charge on any atom is -0.496 e. The second-order valence-electron chi connectivity index (χ2n) is 6.82. The van der Waals surface area contributed by atoms with Crippen LogP contribution in [-0.4, -0.2) is 49.1 Å². The Hall–Kier alpha value is -3.89. The van der Waals surface area contributed by atoms with Crippen LogP contribution in [0.15, 0.2) is 46.7 Å². The van der Waals surface area contributed by atoms with Gasteiger partial charge in [0.05, 0.1) is 32.0 Å². The lowest BCUT2D eigenvalue weighted by molar-refractivity contribution is -0.123. The molecule has 2 aromatic rings. The Labute approximate surface area is 174 Å². The molecule has 0 aliphatic carbocycles. The molecule has 0 spiro atoms. The van der Waals surface area contributed by atoms with E-state index in [2.05, 4.69) is 10.3 Å². The maximum atomic E-state index is 13.6. The fourth-order valence-electron chi connectivity index (χ4n) is 3.55. The quantitative estimate of drug-likeness (QED) is 0.533. The molecule has 160 valence electrons. The van der Waals surface area contributed by atoms with E-state index in [1.165, 1.54) is 31.4 Å². The minimum atomic E-state index is -1.18. The maximum Gasteiger partial charge on any atom is 0.337 e. The predicted octanol–water partition coefficient (Wildman–Crippen LogP) is 2.25. The number of benzene rings is 2. The first-order valence-corrected chi connectivity index (χ1v) is 9.11. The van der Waals surface area contributed by atoms with Gasteiger partial charge in [-0.2, -0.15) is 5.11 Å². The largest absolute Gasteiger partial charge is 0.496 e. The van der Waals surface area contributed by atoms with Gasteiger partial charge in [0.25, 0.3) is 11.8 Å². The van der Waals surface area contributed by atoms with E-state index in [0.29, 0.717) is 11.3 Å². The number of hydrogen-bond acceptors (Lipinski definition) is 8. The van der Waals surface area contributed by atoms with Crippen molar-refractivity contribution in [1.29, 1.82) is 0 Å². The summed E-state index contributed by atoms with van der Waals surface area (Å²) in [6.07, 6.45) is 0. The molecule has 2 atom stereocenters. The molecule has 0 unspecified atom stereocenters. The lowest BCUT2D eigenvalue weighted by Crippen LogP contribution is -2.39. The van der Waals surface area contributed by atoms with Gasteiger partial charge >= 0.3 is 5.97 Å². The van der Waals surface area contributed by atoms with E-state index in [1.807, 2.05) is 0 Å². The molecule has 0 saturated carbocycles. The average molecular weight is 430 g/mol. The first kappa shape index (κ1) is 20.4. The number of esters is 1. The van der Waals surface area contributed by atoms with Gasteiger partial charge in [-0.15, -0.1) is 0 Å². The van der Waals surface area contributed by atoms with Crippen LogP contribution < -0.4 is 9.64 Å². The maximum absolute atomic E-state index is 13.6. The van der Waals surface area contributed by atoms with E-state index in [0.717, 1.165) is 23.1 Å². The summed E-state index contributed by atoms with van der Waals surface area (Å²) >= 11 is 0. The molecule has 0 N–H and O–H groups in total. The molecule has 31 heavy (non-hydrogen) atoms. The number of ether oxygens (including phenoxy) is 2. The minimum absolute atomic E-state index is 0.00329. The summed E-state index contributed by atoms with van der Waals surface area (Å²) in [7, 11) is 2.70. The third-order valence-electron chi connectivity index (χ3n) is 5.05. The number of carbonyl (C=O) groups excluding carboxylic acids is 3. The number of nitrogens with zero attached hydrogens (tertiary/aromatic N) is 4. The molecule has 2 aromatic carbocycles. The molecule has 4 rings (SSSR count). The second kappa shape index (κ2) is 7.74. The van der Waals surface area contributed by atoms with E-state index in [1.54, 1.807) is 6.07 Å². The molecule has 0 aromatic heterocycles. The normalized spacial score (nSPS) is 19.7. The number of halogens is 2. The van der Waals surface area contributed by atoms with Gasteiger partial charge in [-0.25, -0.2) is 18.5 Å². The first-order valence-electron chi connectivity index (χ1n) is 9.11. The van der Waals surface area contributed by atoms with Crippen LogP contribution in [0.2, 0.25) is 0 Å². The number of imide groups is 1. The van der Waals surface area contributed by atoms with Crippen LogP contribution in [0.3, 0.4) is 0 Å². The summed E-state index contributed by atoms with van der Waals surface area (Å²) in [4.78, 5) is 38.3. The van der Waals surface area contributed by atoms with Crippen molar-refractivity contribution >= 4 is 23.5 Å². The van der Waals surface area contributed by atoms with Crippen molar-refractivity contribution in [2.24, 2.45) is 10.3 Å². The van der Waals surface area contributed by atoms with Crippen LogP contribution in [0.5, 0.6) is 5.75 Å². The lowest BCUT2D eigenvalue weighted by Gasteiger charge is -2.21. The molecule has 11 heteroatoms. The predicted molar refractivity (Wildman–Crippen MR) is 101 cm³/mol. The van der Waals surface area contributed by atoms with E-state index >= 15 is 0 Å².